The number of nitrogens with zero attached hydrogens (tertiary/aromatic N) is 2. The van der Waals surface area contributed by atoms with Crippen molar-refractivity contribution in [1.82, 2.24) is 4.98 Å². The summed E-state index contributed by atoms with van der Waals surface area (Å²) in [5, 5.41) is 0.544. The first-order valence-corrected chi connectivity index (χ1v) is 8.45. The number of carbonyl (C=O) groups is 2. The Kier molecular flexibility index (Phi) is 5.90. The van der Waals surface area contributed by atoms with Crippen LogP contribution in [0.3, 0.4) is 0 Å². The van der Waals surface area contributed by atoms with Gasteiger partial charge in [0.25, 0.3) is 0 Å². The highest BCUT2D eigenvalue weighted by molar-refractivity contribution is 7.17. The predicted molar refractivity (Wildman–Crippen MR) is 84.4 cm³/mol. The van der Waals surface area contributed by atoms with E-state index in [-0.39, 0.29) is 18.0 Å². The number of aryl methyl sites for hydroxylation is 1. The number of thiazole rings is 1. The van der Waals surface area contributed by atoms with Crippen molar-refractivity contribution in [2.24, 2.45) is 0 Å². The largest absolute Gasteiger partial charge is 0.462 e. The van der Waals surface area contributed by atoms with Crippen LogP contribution >= 0.6 is 11.3 Å². The molecule has 22 heavy (non-hydrogen) atoms. The molecule has 0 bridgehead atoms. The van der Waals surface area contributed by atoms with E-state index in [1.165, 1.54) is 11.3 Å². The fourth-order valence-corrected chi connectivity index (χ4v) is 3.34. The first-order chi connectivity index (χ1) is 10.6. The third kappa shape index (κ3) is 3.84. The third-order valence-corrected chi connectivity index (χ3v) is 4.65. The first kappa shape index (κ1) is 16.9. The normalized spacial score (nSPS) is 17.5. The van der Waals surface area contributed by atoms with E-state index in [2.05, 4.69) is 4.98 Å². The van der Waals surface area contributed by atoms with E-state index >= 15 is 0 Å². The molecule has 1 aromatic rings. The molecular weight excluding hydrogens is 304 g/mol. The van der Waals surface area contributed by atoms with E-state index in [0.29, 0.717) is 35.3 Å². The quantitative estimate of drug-likeness (QED) is 0.752. The van der Waals surface area contributed by atoms with E-state index in [0.717, 1.165) is 19.4 Å². The molecule has 1 unspecified atom stereocenters. The van der Waals surface area contributed by atoms with Crippen LogP contribution in [0.1, 0.15) is 48.5 Å². The zero-order chi connectivity index (χ0) is 16.1. The molecule has 0 N–H and O–H groups in total. The van der Waals surface area contributed by atoms with Gasteiger partial charge in [0.2, 0.25) is 5.91 Å². The van der Waals surface area contributed by atoms with E-state index in [4.69, 9.17) is 9.47 Å². The second-order valence-electron chi connectivity index (χ2n) is 5.12. The lowest BCUT2D eigenvalue weighted by Gasteiger charge is -2.22. The molecule has 0 spiro atoms. The Morgan fingerprint density at radius 2 is 2.23 bits per heavy atom. The minimum Gasteiger partial charge on any atom is -0.462 e. The molecule has 0 aliphatic carbocycles. The summed E-state index contributed by atoms with van der Waals surface area (Å²) in [6, 6.07) is 0. The van der Waals surface area contributed by atoms with Crippen molar-refractivity contribution >= 4 is 28.3 Å². The molecule has 1 fully saturated rings. The number of hydrogen-bond acceptors (Lipinski definition) is 6. The summed E-state index contributed by atoms with van der Waals surface area (Å²) in [5.74, 6) is -0.399. The maximum atomic E-state index is 12.2. The SMILES string of the molecule is CCOC(=O)c1sc(N(CC2CCCO2)C(=O)CC)nc1C. The molecule has 0 aromatic carbocycles. The molecule has 2 rings (SSSR count). The van der Waals surface area contributed by atoms with Crippen molar-refractivity contribution in [1.29, 1.82) is 0 Å². The Hall–Kier alpha value is -1.47. The number of rotatable bonds is 6. The average molecular weight is 326 g/mol. The number of carbonyl (C=O) groups excluding carboxylic acids is 2. The van der Waals surface area contributed by atoms with Crippen molar-refractivity contribution in [2.75, 3.05) is 24.7 Å². The maximum absolute atomic E-state index is 12.2. The number of hydrogen-bond donors (Lipinski definition) is 0. The van der Waals surface area contributed by atoms with Gasteiger partial charge in [0.1, 0.15) is 4.88 Å². The monoisotopic (exact) mass is 326 g/mol. The van der Waals surface area contributed by atoms with Crippen LogP contribution in [0.15, 0.2) is 0 Å². The van der Waals surface area contributed by atoms with Crippen LogP contribution in [-0.2, 0) is 14.3 Å². The second-order valence-corrected chi connectivity index (χ2v) is 6.10. The highest BCUT2D eigenvalue weighted by atomic mass is 32.1. The van der Waals surface area contributed by atoms with Crippen molar-refractivity contribution in [2.45, 2.75) is 46.1 Å². The molecule has 0 saturated carbocycles. The van der Waals surface area contributed by atoms with Crippen molar-refractivity contribution < 1.29 is 19.1 Å². The van der Waals surface area contributed by atoms with Gasteiger partial charge in [-0.25, -0.2) is 9.78 Å². The van der Waals surface area contributed by atoms with E-state index < -0.39 is 0 Å². The fraction of sp³-hybridized carbons (Fsp3) is 0.667. The number of anilines is 1. The summed E-state index contributed by atoms with van der Waals surface area (Å²) >= 11 is 1.21. The molecule has 6 nitrogen and oxygen atoms in total. The summed E-state index contributed by atoms with van der Waals surface area (Å²) < 4.78 is 10.6. The lowest BCUT2D eigenvalue weighted by atomic mass is 10.2. The van der Waals surface area contributed by atoms with Gasteiger partial charge < -0.3 is 9.47 Å². The summed E-state index contributed by atoms with van der Waals surface area (Å²) in [4.78, 5) is 30.6. The smallest absolute Gasteiger partial charge is 0.350 e. The van der Waals surface area contributed by atoms with Crippen LogP contribution in [0, 0.1) is 6.92 Å². The van der Waals surface area contributed by atoms with Gasteiger partial charge in [-0.05, 0) is 26.7 Å². The van der Waals surface area contributed by atoms with Crippen molar-refractivity contribution in [3.63, 3.8) is 0 Å². The Morgan fingerprint density at radius 3 is 2.82 bits per heavy atom. The fourth-order valence-electron chi connectivity index (χ4n) is 2.35. The third-order valence-electron chi connectivity index (χ3n) is 3.49. The molecule has 7 heteroatoms. The minimum atomic E-state index is -0.384. The Labute approximate surface area is 134 Å². The molecule has 2 heterocycles. The van der Waals surface area contributed by atoms with E-state index in [1.807, 2.05) is 6.92 Å². The van der Waals surface area contributed by atoms with Crippen LogP contribution in [-0.4, -0.2) is 42.7 Å². The van der Waals surface area contributed by atoms with Crippen molar-refractivity contribution in [3.05, 3.63) is 10.6 Å². The first-order valence-electron chi connectivity index (χ1n) is 7.63. The van der Waals surface area contributed by atoms with Gasteiger partial charge in [0.15, 0.2) is 5.13 Å². The molecule has 1 aromatic heterocycles. The van der Waals surface area contributed by atoms with Crippen LogP contribution in [0.25, 0.3) is 0 Å². The summed E-state index contributed by atoms with van der Waals surface area (Å²) in [6.45, 7) is 6.88. The molecule has 1 atom stereocenters. The average Bonchev–Trinajstić information content (AvgIpc) is 3.13. The maximum Gasteiger partial charge on any atom is 0.350 e. The van der Waals surface area contributed by atoms with Crippen LogP contribution < -0.4 is 4.90 Å². The molecule has 1 amide bonds. The van der Waals surface area contributed by atoms with Gasteiger partial charge in [0, 0.05) is 13.0 Å². The van der Waals surface area contributed by atoms with E-state index in [9.17, 15) is 9.59 Å². The number of aromatic nitrogens is 1. The lowest BCUT2D eigenvalue weighted by molar-refractivity contribution is -0.118. The van der Waals surface area contributed by atoms with Crippen LogP contribution in [0.2, 0.25) is 0 Å². The van der Waals surface area contributed by atoms with E-state index in [1.54, 1.807) is 18.7 Å². The number of ether oxygens (including phenoxy) is 2. The zero-order valence-corrected chi connectivity index (χ0v) is 14.1. The Balaban J connectivity index is 2.21. The van der Waals surface area contributed by atoms with Crippen LogP contribution in [0.4, 0.5) is 5.13 Å². The van der Waals surface area contributed by atoms with Gasteiger partial charge in [-0.1, -0.05) is 18.3 Å². The molecule has 1 aliphatic rings. The van der Waals surface area contributed by atoms with Gasteiger partial charge in [-0.2, -0.15) is 0 Å². The molecule has 0 radical (unpaired) electrons. The second kappa shape index (κ2) is 7.69. The number of amides is 1. The highest BCUT2D eigenvalue weighted by Crippen LogP contribution is 2.28. The van der Waals surface area contributed by atoms with Gasteiger partial charge >= 0.3 is 5.97 Å². The topological polar surface area (TPSA) is 68.7 Å². The lowest BCUT2D eigenvalue weighted by Crippen LogP contribution is -2.37. The summed E-state index contributed by atoms with van der Waals surface area (Å²) in [6.07, 6.45) is 2.40. The van der Waals surface area contributed by atoms with Gasteiger partial charge in [-0.3, -0.25) is 9.69 Å². The minimum absolute atomic E-state index is 0.0142. The number of esters is 1. The molecule has 1 saturated heterocycles. The van der Waals surface area contributed by atoms with Gasteiger partial charge in [-0.15, -0.1) is 0 Å². The Bertz CT molecular complexity index is 538. The Morgan fingerprint density at radius 1 is 1.45 bits per heavy atom. The highest BCUT2D eigenvalue weighted by Gasteiger charge is 2.27. The zero-order valence-electron chi connectivity index (χ0n) is 13.3. The summed E-state index contributed by atoms with van der Waals surface area (Å²) in [7, 11) is 0. The predicted octanol–water partition coefficient (Wildman–Crippen LogP) is 2.55. The molecule has 122 valence electrons. The van der Waals surface area contributed by atoms with Crippen molar-refractivity contribution in [3.8, 4) is 0 Å². The summed E-state index contributed by atoms with van der Waals surface area (Å²) in [5.41, 5.74) is 0.597. The molecule has 1 aliphatic heterocycles. The van der Waals surface area contributed by atoms with Crippen LogP contribution in [0.5, 0.6) is 0 Å². The van der Waals surface area contributed by atoms with Gasteiger partial charge in [0.05, 0.1) is 24.9 Å². The molecular formula is C15H22N2O4S. The standard InChI is InChI=1S/C15H22N2O4S/c1-4-12(18)17(9-11-7-6-8-21-11)15-16-10(3)13(22-15)14(19)20-5-2/h11H,4-9H2,1-3H3.